The molecule has 0 N–H and O–H groups in total. The molecule has 4 nitrogen and oxygen atoms in total. The molecule has 3 rings (SSSR count). The van der Waals surface area contributed by atoms with Crippen LogP contribution in [0.1, 0.15) is 116 Å². The van der Waals surface area contributed by atoms with Crippen molar-refractivity contribution in [1.29, 1.82) is 0 Å². The molecular formula is C36H49FN2O2. The molecule has 1 heterocycles. The lowest BCUT2D eigenvalue weighted by Crippen LogP contribution is -2.34. The van der Waals surface area contributed by atoms with Crippen molar-refractivity contribution in [3.05, 3.63) is 66.5 Å². The number of halogens is 1. The van der Waals surface area contributed by atoms with Crippen molar-refractivity contribution in [3.63, 3.8) is 0 Å². The highest BCUT2D eigenvalue weighted by Gasteiger charge is 2.34. The molecule has 1 aromatic heterocycles. The van der Waals surface area contributed by atoms with E-state index in [4.69, 9.17) is 4.74 Å². The first kappa shape index (κ1) is 32.4. The third-order valence-electron chi connectivity index (χ3n) is 7.74. The van der Waals surface area contributed by atoms with Gasteiger partial charge in [0.2, 0.25) is 5.67 Å². The molecule has 0 saturated heterocycles. The van der Waals surface area contributed by atoms with Crippen molar-refractivity contribution in [2.24, 2.45) is 0 Å². The lowest BCUT2D eigenvalue weighted by molar-refractivity contribution is -0.147. The molecule has 2 aromatic carbocycles. The minimum Gasteiger partial charge on any atom is -0.424 e. The Kier molecular flexibility index (Phi) is 14.0. The van der Waals surface area contributed by atoms with Crippen LogP contribution >= 0.6 is 0 Å². The van der Waals surface area contributed by atoms with Gasteiger partial charge in [-0.05, 0) is 61.4 Å². The van der Waals surface area contributed by atoms with Crippen LogP contribution in [0.15, 0.2) is 60.9 Å². The zero-order valence-corrected chi connectivity index (χ0v) is 25.5. The Bertz CT molecular complexity index is 1160. The van der Waals surface area contributed by atoms with Crippen molar-refractivity contribution in [2.45, 2.75) is 123 Å². The van der Waals surface area contributed by atoms with Crippen molar-refractivity contribution in [2.75, 3.05) is 0 Å². The predicted molar refractivity (Wildman–Crippen MR) is 168 cm³/mol. The van der Waals surface area contributed by atoms with Gasteiger partial charge in [0.15, 0.2) is 5.82 Å². The molecule has 0 aliphatic heterocycles. The number of hydrogen-bond acceptors (Lipinski definition) is 4. The number of esters is 1. The van der Waals surface area contributed by atoms with Crippen LogP contribution in [0.25, 0.3) is 22.5 Å². The fourth-order valence-electron chi connectivity index (χ4n) is 5.09. The lowest BCUT2D eigenvalue weighted by atomic mass is 9.98. The molecule has 0 aliphatic carbocycles. The Balaban J connectivity index is 1.56. The van der Waals surface area contributed by atoms with E-state index in [0.29, 0.717) is 18.0 Å². The van der Waals surface area contributed by atoms with E-state index in [0.717, 1.165) is 42.4 Å². The summed E-state index contributed by atoms with van der Waals surface area (Å²) in [4.78, 5) is 21.9. The normalized spacial score (nSPS) is 12.7. The van der Waals surface area contributed by atoms with Gasteiger partial charge >= 0.3 is 5.97 Å². The molecule has 5 heteroatoms. The number of rotatable bonds is 19. The van der Waals surface area contributed by atoms with Gasteiger partial charge in [-0.3, -0.25) is 0 Å². The molecule has 222 valence electrons. The summed E-state index contributed by atoms with van der Waals surface area (Å²) in [7, 11) is 0. The molecule has 3 aromatic rings. The van der Waals surface area contributed by atoms with Crippen LogP contribution in [-0.4, -0.2) is 21.6 Å². The zero-order chi connectivity index (χ0) is 29.3. The monoisotopic (exact) mass is 560 g/mol. The second kappa shape index (κ2) is 17.7. The van der Waals surface area contributed by atoms with E-state index >= 15 is 4.39 Å². The second-order valence-corrected chi connectivity index (χ2v) is 11.5. The summed E-state index contributed by atoms with van der Waals surface area (Å²) >= 11 is 0. The third kappa shape index (κ3) is 11.0. The lowest BCUT2D eigenvalue weighted by Gasteiger charge is -2.18. The summed E-state index contributed by atoms with van der Waals surface area (Å²) < 4.78 is 20.4. The predicted octanol–water partition coefficient (Wildman–Crippen LogP) is 10.5. The summed E-state index contributed by atoms with van der Waals surface area (Å²) in [6, 6.07) is 15.2. The number of aromatic nitrogens is 2. The van der Waals surface area contributed by atoms with Crippen LogP contribution in [0.4, 0.5) is 4.39 Å². The van der Waals surface area contributed by atoms with E-state index in [9.17, 15) is 4.79 Å². The van der Waals surface area contributed by atoms with Crippen LogP contribution in [0, 0.1) is 0 Å². The Hall–Kier alpha value is -3.08. The van der Waals surface area contributed by atoms with E-state index in [1.54, 1.807) is 12.1 Å². The van der Waals surface area contributed by atoms with Gasteiger partial charge in [-0.2, -0.15) is 0 Å². The van der Waals surface area contributed by atoms with Gasteiger partial charge in [0.1, 0.15) is 5.75 Å². The molecule has 0 fully saturated rings. The Morgan fingerprint density at radius 2 is 1.27 bits per heavy atom. The van der Waals surface area contributed by atoms with E-state index < -0.39 is 11.6 Å². The van der Waals surface area contributed by atoms with E-state index in [2.05, 4.69) is 23.8 Å². The molecule has 0 bridgehead atoms. The minimum absolute atomic E-state index is 0.182. The van der Waals surface area contributed by atoms with Crippen molar-refractivity contribution < 1.29 is 13.9 Å². The zero-order valence-electron chi connectivity index (χ0n) is 25.5. The van der Waals surface area contributed by atoms with Crippen LogP contribution in [0.5, 0.6) is 5.75 Å². The Morgan fingerprint density at radius 1 is 0.732 bits per heavy atom. The average Bonchev–Trinajstić information content (AvgIpc) is 2.99. The molecule has 1 atom stereocenters. The summed E-state index contributed by atoms with van der Waals surface area (Å²) in [6.07, 6.45) is 20.3. The molecule has 0 aliphatic rings. The number of unbranched alkanes of at least 4 members (excludes halogenated alkanes) is 11. The number of carbonyl (C=O) groups is 1. The van der Waals surface area contributed by atoms with E-state index in [1.165, 1.54) is 70.3 Å². The summed E-state index contributed by atoms with van der Waals surface area (Å²) in [5.41, 5.74) is 2.06. The number of nitrogens with zero attached hydrogens (tertiary/aromatic N) is 2. The Morgan fingerprint density at radius 3 is 1.88 bits per heavy atom. The summed E-state index contributed by atoms with van der Waals surface area (Å²) in [6.45, 7) is 5.75. The highest BCUT2D eigenvalue weighted by Crippen LogP contribution is 2.32. The maximum atomic E-state index is 15.0. The van der Waals surface area contributed by atoms with Crippen LogP contribution in [-0.2, 0) is 11.2 Å². The molecule has 0 spiro atoms. The molecule has 41 heavy (non-hydrogen) atoms. The average molecular weight is 561 g/mol. The number of benzene rings is 2. The van der Waals surface area contributed by atoms with E-state index in [1.807, 2.05) is 48.8 Å². The largest absolute Gasteiger partial charge is 0.424 e. The van der Waals surface area contributed by atoms with E-state index in [-0.39, 0.29) is 6.42 Å². The first-order chi connectivity index (χ1) is 19.9. The fourth-order valence-corrected chi connectivity index (χ4v) is 5.09. The number of alkyl halides is 1. The molecular weight excluding hydrogens is 511 g/mol. The molecule has 0 saturated carbocycles. The topological polar surface area (TPSA) is 52.1 Å². The highest BCUT2D eigenvalue weighted by atomic mass is 19.1. The third-order valence-corrected chi connectivity index (χ3v) is 7.74. The van der Waals surface area contributed by atoms with Crippen LogP contribution in [0.3, 0.4) is 0 Å². The van der Waals surface area contributed by atoms with Crippen molar-refractivity contribution >= 4 is 5.97 Å². The number of ether oxygens (including phenoxy) is 1. The van der Waals surface area contributed by atoms with Crippen LogP contribution < -0.4 is 4.74 Å². The maximum absolute atomic E-state index is 15.0. The fraction of sp³-hybridized carbons (Fsp3) is 0.528. The smallest absolute Gasteiger partial charge is 0.348 e. The van der Waals surface area contributed by atoms with Gasteiger partial charge in [-0.1, -0.05) is 121 Å². The summed E-state index contributed by atoms with van der Waals surface area (Å²) in [5.74, 6) is 0.195. The highest BCUT2D eigenvalue weighted by molar-refractivity contribution is 5.82. The Labute approximate surface area is 247 Å². The van der Waals surface area contributed by atoms with Gasteiger partial charge in [-0.25, -0.2) is 19.2 Å². The SMILES string of the molecule is CCCCCCCCCc1cnc(-c2ccccc2-c2ccc(OC(=O)C(C)(F)CCCCCCCC)cc2)nc1. The first-order valence-corrected chi connectivity index (χ1v) is 15.9. The number of carbonyl (C=O) groups excluding carboxylic acids is 1. The standard InChI is InChI=1S/C36H49FN2O2/c1-4-6-8-10-12-13-15-19-29-27-38-34(39-28-29)33-21-17-16-20-32(33)30-22-24-31(25-23-30)41-35(40)36(3,37)26-18-14-11-9-7-5-2/h16-17,20-25,27-28H,4-15,18-19,26H2,1-3H3. The molecule has 1 unspecified atom stereocenters. The van der Waals surface area contributed by atoms with Crippen LogP contribution in [0.2, 0.25) is 0 Å². The summed E-state index contributed by atoms with van der Waals surface area (Å²) in [5, 5.41) is 0. The van der Waals surface area contributed by atoms with Crippen molar-refractivity contribution in [1.82, 2.24) is 9.97 Å². The van der Waals surface area contributed by atoms with Gasteiger partial charge in [-0.15, -0.1) is 0 Å². The van der Waals surface area contributed by atoms with Gasteiger partial charge in [0.25, 0.3) is 0 Å². The van der Waals surface area contributed by atoms with Gasteiger partial charge in [0, 0.05) is 18.0 Å². The number of hydrogen-bond donors (Lipinski definition) is 0. The second-order valence-electron chi connectivity index (χ2n) is 11.5. The maximum Gasteiger partial charge on any atom is 0.348 e. The quantitative estimate of drug-likeness (QED) is 0.0831. The molecule has 0 amide bonds. The molecule has 0 radical (unpaired) electrons. The minimum atomic E-state index is -1.99. The van der Waals surface area contributed by atoms with Gasteiger partial charge < -0.3 is 4.74 Å². The van der Waals surface area contributed by atoms with Gasteiger partial charge in [0.05, 0.1) is 0 Å². The first-order valence-electron chi connectivity index (χ1n) is 15.9. The number of aryl methyl sites for hydroxylation is 1. The van der Waals surface area contributed by atoms with Crippen molar-refractivity contribution in [3.8, 4) is 28.3 Å².